The zero-order valence-electron chi connectivity index (χ0n) is 13.6. The summed E-state index contributed by atoms with van der Waals surface area (Å²) < 4.78 is 5.44. The van der Waals surface area contributed by atoms with E-state index < -0.39 is 36.5 Å². The second-order valence-corrected chi connectivity index (χ2v) is 6.92. The number of hydrogen-bond acceptors (Lipinski definition) is 7. The molecule has 1 rings (SSSR count). The van der Waals surface area contributed by atoms with Crippen LogP contribution < -0.4 is 0 Å². The minimum atomic E-state index is -1.33. The van der Waals surface area contributed by atoms with E-state index in [4.69, 9.17) is 14.9 Å². The van der Waals surface area contributed by atoms with Crippen molar-refractivity contribution < 1.29 is 30.3 Å². The molecule has 1 heterocycles. The van der Waals surface area contributed by atoms with Gasteiger partial charge < -0.3 is 30.3 Å². The lowest BCUT2D eigenvalue weighted by molar-refractivity contribution is -0.205. The first kappa shape index (κ1) is 20.6. The highest BCUT2D eigenvalue weighted by molar-refractivity contribution is 8.00. The lowest BCUT2D eigenvalue weighted by atomic mass is 10.0. The Morgan fingerprint density at radius 3 is 2.30 bits per heavy atom. The smallest absolute Gasteiger partial charge is 0.132 e. The van der Waals surface area contributed by atoms with Crippen molar-refractivity contribution in [1.82, 2.24) is 0 Å². The van der Waals surface area contributed by atoms with Gasteiger partial charge in [0.15, 0.2) is 0 Å². The largest absolute Gasteiger partial charge is 0.394 e. The number of rotatable bonds is 8. The molecule has 0 amide bonds. The van der Waals surface area contributed by atoms with Crippen LogP contribution in [0.3, 0.4) is 0 Å². The quantitative estimate of drug-likeness (QED) is 0.398. The average Bonchev–Trinajstić information content (AvgIpc) is 2.52. The highest BCUT2D eigenvalue weighted by Crippen LogP contribution is 2.29. The van der Waals surface area contributed by atoms with Crippen LogP contribution >= 0.6 is 11.8 Å². The Morgan fingerprint density at radius 2 is 1.70 bits per heavy atom. The van der Waals surface area contributed by atoms with Crippen LogP contribution in [0.1, 0.15) is 26.7 Å². The predicted octanol–water partition coefficient (Wildman–Crippen LogP) is 0.185. The zero-order valence-corrected chi connectivity index (χ0v) is 14.4. The number of aliphatic hydroxyl groups excluding tert-OH is 5. The Labute approximate surface area is 141 Å². The molecule has 5 N–H and O–H groups in total. The van der Waals surface area contributed by atoms with Crippen LogP contribution in [0, 0.1) is 0 Å². The van der Waals surface area contributed by atoms with Gasteiger partial charge in [-0.05, 0) is 26.7 Å². The lowest BCUT2D eigenvalue weighted by Crippen LogP contribution is -2.57. The minimum absolute atomic E-state index is 0.0570. The fourth-order valence-corrected chi connectivity index (χ4v) is 3.41. The SMILES string of the molecule is C/C(=C/CO)CC/C=C(/C)CS[C@@H]1O[C@H](CO)[C@@H](O)[C@H](O)[C@H]1O. The molecule has 0 saturated carbocycles. The third-order valence-corrected chi connectivity index (χ3v) is 5.14. The predicted molar refractivity (Wildman–Crippen MR) is 90.1 cm³/mol. The molecule has 1 aliphatic heterocycles. The van der Waals surface area contributed by atoms with Crippen molar-refractivity contribution in [3.63, 3.8) is 0 Å². The van der Waals surface area contributed by atoms with Crippen LogP contribution in [-0.2, 0) is 4.74 Å². The van der Waals surface area contributed by atoms with E-state index in [0.717, 1.165) is 24.0 Å². The monoisotopic (exact) mass is 348 g/mol. The van der Waals surface area contributed by atoms with Gasteiger partial charge in [-0.2, -0.15) is 0 Å². The molecule has 1 fully saturated rings. The molecule has 0 aromatic rings. The Kier molecular flexibility index (Phi) is 9.38. The normalized spacial score (nSPS) is 33.1. The molecule has 1 aliphatic rings. The van der Waals surface area contributed by atoms with Gasteiger partial charge in [0, 0.05) is 5.75 Å². The topological polar surface area (TPSA) is 110 Å². The summed E-state index contributed by atoms with van der Waals surface area (Å²) in [7, 11) is 0. The molecular weight excluding hydrogens is 320 g/mol. The molecule has 0 unspecified atom stereocenters. The highest BCUT2D eigenvalue weighted by atomic mass is 32.2. The van der Waals surface area contributed by atoms with Crippen molar-refractivity contribution in [2.24, 2.45) is 0 Å². The van der Waals surface area contributed by atoms with Crippen molar-refractivity contribution in [2.45, 2.75) is 56.5 Å². The zero-order chi connectivity index (χ0) is 17.4. The van der Waals surface area contributed by atoms with Crippen LogP contribution in [0.5, 0.6) is 0 Å². The van der Waals surface area contributed by atoms with Gasteiger partial charge in [0.2, 0.25) is 0 Å². The molecule has 0 aromatic carbocycles. The number of hydrogen-bond donors (Lipinski definition) is 5. The van der Waals surface area contributed by atoms with E-state index in [0.29, 0.717) is 5.75 Å². The lowest BCUT2D eigenvalue weighted by Gasteiger charge is -2.39. The minimum Gasteiger partial charge on any atom is -0.394 e. The van der Waals surface area contributed by atoms with E-state index in [1.54, 1.807) is 6.08 Å². The van der Waals surface area contributed by atoms with Gasteiger partial charge in [-0.25, -0.2) is 0 Å². The van der Waals surface area contributed by atoms with Crippen molar-refractivity contribution in [1.29, 1.82) is 0 Å². The Morgan fingerprint density at radius 1 is 1.00 bits per heavy atom. The van der Waals surface area contributed by atoms with Crippen LogP contribution in [0.25, 0.3) is 0 Å². The first-order valence-electron chi connectivity index (χ1n) is 7.75. The number of aliphatic hydroxyl groups is 5. The standard InChI is InChI=1S/C16H28O6S/c1-10(6-7-17)4-3-5-11(2)9-23-16-15(21)14(20)13(19)12(8-18)22-16/h5-6,12-21H,3-4,7-9H2,1-2H3/b10-6-,11-5-/t12-,13-,14+,15-,16+/m1/s1. The summed E-state index contributed by atoms with van der Waals surface area (Å²) in [6.45, 7) is 3.60. The highest BCUT2D eigenvalue weighted by Gasteiger charge is 2.43. The van der Waals surface area contributed by atoms with Crippen molar-refractivity contribution in [2.75, 3.05) is 19.0 Å². The van der Waals surface area contributed by atoms with Gasteiger partial charge in [-0.3, -0.25) is 0 Å². The van der Waals surface area contributed by atoms with Crippen molar-refractivity contribution >= 4 is 11.8 Å². The summed E-state index contributed by atoms with van der Waals surface area (Å²) in [5.41, 5.74) is 1.56. The molecule has 0 aromatic heterocycles. The van der Waals surface area contributed by atoms with E-state index in [2.05, 4.69) is 6.08 Å². The van der Waals surface area contributed by atoms with E-state index in [1.165, 1.54) is 11.8 Å². The van der Waals surface area contributed by atoms with Crippen molar-refractivity contribution in [3.05, 3.63) is 23.3 Å². The van der Waals surface area contributed by atoms with Crippen LogP contribution in [0.2, 0.25) is 0 Å². The summed E-state index contributed by atoms with van der Waals surface area (Å²) in [5, 5.41) is 47.4. The number of ether oxygens (including phenoxy) is 1. The van der Waals surface area contributed by atoms with Crippen LogP contribution in [0.15, 0.2) is 23.3 Å². The summed E-state index contributed by atoms with van der Waals surface area (Å²) in [6, 6.07) is 0. The maximum atomic E-state index is 9.95. The number of thioether (sulfide) groups is 1. The maximum absolute atomic E-state index is 9.95. The first-order valence-corrected chi connectivity index (χ1v) is 8.79. The maximum Gasteiger partial charge on any atom is 0.132 e. The fourth-order valence-electron chi connectivity index (χ4n) is 2.28. The van der Waals surface area contributed by atoms with Gasteiger partial charge in [0.05, 0.1) is 13.2 Å². The molecule has 0 bridgehead atoms. The Bertz CT molecular complexity index is 409. The van der Waals surface area contributed by atoms with Crippen LogP contribution in [-0.4, -0.2) is 74.4 Å². The molecule has 7 heteroatoms. The van der Waals surface area contributed by atoms with Gasteiger partial charge in [-0.1, -0.05) is 23.3 Å². The molecule has 0 radical (unpaired) electrons. The molecule has 0 spiro atoms. The Hall–Kier alpha value is -0.410. The fraction of sp³-hybridized carbons (Fsp3) is 0.750. The van der Waals surface area contributed by atoms with Gasteiger partial charge in [-0.15, -0.1) is 11.8 Å². The van der Waals surface area contributed by atoms with E-state index >= 15 is 0 Å². The summed E-state index contributed by atoms with van der Waals surface area (Å²) in [5.74, 6) is 0.617. The van der Waals surface area contributed by atoms with Crippen molar-refractivity contribution in [3.8, 4) is 0 Å². The van der Waals surface area contributed by atoms with E-state index in [1.807, 2.05) is 13.8 Å². The van der Waals surface area contributed by atoms with Gasteiger partial charge in [0.25, 0.3) is 0 Å². The van der Waals surface area contributed by atoms with Crippen LogP contribution in [0.4, 0.5) is 0 Å². The second-order valence-electron chi connectivity index (χ2n) is 5.83. The van der Waals surface area contributed by atoms with E-state index in [-0.39, 0.29) is 6.61 Å². The molecule has 134 valence electrons. The molecular formula is C16H28O6S. The molecule has 0 aliphatic carbocycles. The van der Waals surface area contributed by atoms with Gasteiger partial charge >= 0.3 is 0 Å². The third kappa shape index (κ3) is 6.54. The van der Waals surface area contributed by atoms with Gasteiger partial charge in [0.1, 0.15) is 29.9 Å². The number of allylic oxidation sites excluding steroid dienone is 2. The summed E-state index contributed by atoms with van der Waals surface area (Å²) in [6.07, 6.45) is 0.921. The summed E-state index contributed by atoms with van der Waals surface area (Å²) in [4.78, 5) is 0. The Balaban J connectivity index is 2.45. The molecule has 1 saturated heterocycles. The third-order valence-electron chi connectivity index (χ3n) is 3.79. The molecule has 23 heavy (non-hydrogen) atoms. The molecule has 5 atom stereocenters. The second kappa shape index (κ2) is 10.5. The first-order chi connectivity index (χ1) is 10.9. The summed E-state index contributed by atoms with van der Waals surface area (Å²) >= 11 is 1.33. The van der Waals surface area contributed by atoms with E-state index in [9.17, 15) is 15.3 Å². The average molecular weight is 348 g/mol. The molecule has 6 nitrogen and oxygen atoms in total.